The molecule has 110 valence electrons. The first-order valence-corrected chi connectivity index (χ1v) is 7.63. The number of nitrogens with zero attached hydrogens (tertiary/aromatic N) is 1. The number of hydrogen-bond acceptors (Lipinski definition) is 3. The molecular weight excluding hydrogens is 353 g/mol. The molecule has 0 spiro atoms. The Kier molecular flexibility index (Phi) is 5.06. The number of aromatic carboxylic acids is 1. The van der Waals surface area contributed by atoms with Crippen molar-refractivity contribution in [3.05, 3.63) is 40.1 Å². The lowest BCUT2D eigenvalue weighted by Crippen LogP contribution is -2.29. The van der Waals surface area contributed by atoms with Crippen molar-refractivity contribution in [1.82, 2.24) is 4.31 Å². The number of rotatable bonds is 5. The molecule has 0 aliphatic carbocycles. The van der Waals surface area contributed by atoms with Crippen molar-refractivity contribution >= 4 is 31.9 Å². The highest BCUT2D eigenvalue weighted by Gasteiger charge is 2.28. The van der Waals surface area contributed by atoms with Crippen LogP contribution in [0.15, 0.2) is 33.7 Å². The molecule has 0 unspecified atom stereocenters. The standard InChI is InChI=1S/C12H13BrFNO4S/c1-7(2)6-15(3)20(18,19)10-5-8(13)4-9(11(10)14)12(16)17/h4-5H,1,6H2,2-3H3,(H,16,17). The van der Waals surface area contributed by atoms with Gasteiger partial charge in [-0.05, 0) is 19.1 Å². The highest BCUT2D eigenvalue weighted by atomic mass is 79.9. The summed E-state index contributed by atoms with van der Waals surface area (Å²) in [6.45, 7) is 5.23. The monoisotopic (exact) mass is 365 g/mol. The first-order valence-electron chi connectivity index (χ1n) is 5.40. The number of benzene rings is 1. The summed E-state index contributed by atoms with van der Waals surface area (Å²) in [5, 5.41) is 8.88. The number of carbonyl (C=O) groups is 1. The van der Waals surface area contributed by atoms with Crippen LogP contribution >= 0.6 is 15.9 Å². The van der Waals surface area contributed by atoms with Crippen molar-refractivity contribution < 1.29 is 22.7 Å². The molecule has 0 atom stereocenters. The van der Waals surface area contributed by atoms with Crippen LogP contribution in [-0.4, -0.2) is 37.4 Å². The summed E-state index contributed by atoms with van der Waals surface area (Å²) >= 11 is 2.98. The van der Waals surface area contributed by atoms with Gasteiger partial charge in [-0.15, -0.1) is 0 Å². The molecule has 0 aliphatic rings. The average molecular weight is 366 g/mol. The SMILES string of the molecule is C=C(C)CN(C)S(=O)(=O)c1cc(Br)cc(C(=O)O)c1F. The van der Waals surface area contributed by atoms with E-state index in [0.29, 0.717) is 5.57 Å². The third-order valence-corrected chi connectivity index (χ3v) is 4.68. The van der Waals surface area contributed by atoms with Crippen molar-refractivity contribution in [2.45, 2.75) is 11.8 Å². The van der Waals surface area contributed by atoms with Gasteiger partial charge in [0, 0.05) is 18.1 Å². The largest absolute Gasteiger partial charge is 0.478 e. The molecule has 1 rings (SSSR count). The molecule has 0 aromatic heterocycles. The van der Waals surface area contributed by atoms with E-state index in [1.54, 1.807) is 6.92 Å². The summed E-state index contributed by atoms with van der Waals surface area (Å²) in [4.78, 5) is 10.2. The minimum absolute atomic E-state index is 0.0106. The van der Waals surface area contributed by atoms with E-state index in [2.05, 4.69) is 22.5 Å². The fraction of sp³-hybridized carbons (Fsp3) is 0.250. The third kappa shape index (κ3) is 3.44. The minimum Gasteiger partial charge on any atom is -0.478 e. The third-order valence-electron chi connectivity index (χ3n) is 2.42. The number of hydrogen-bond donors (Lipinski definition) is 1. The van der Waals surface area contributed by atoms with Crippen molar-refractivity contribution in [2.24, 2.45) is 0 Å². The summed E-state index contributed by atoms with van der Waals surface area (Å²) in [5.74, 6) is -2.82. The average Bonchev–Trinajstić information content (AvgIpc) is 2.30. The molecule has 0 fully saturated rings. The maximum absolute atomic E-state index is 14.1. The number of carboxylic acid groups (broad SMARTS) is 1. The van der Waals surface area contributed by atoms with Gasteiger partial charge in [0.1, 0.15) is 4.90 Å². The van der Waals surface area contributed by atoms with E-state index in [9.17, 15) is 17.6 Å². The molecule has 0 aliphatic heterocycles. The summed E-state index contributed by atoms with van der Waals surface area (Å²) in [6.07, 6.45) is 0. The molecule has 0 heterocycles. The Hall–Kier alpha value is -1.25. The quantitative estimate of drug-likeness (QED) is 0.813. The lowest BCUT2D eigenvalue weighted by molar-refractivity contribution is 0.0691. The Morgan fingerprint density at radius 1 is 1.50 bits per heavy atom. The summed E-state index contributed by atoms with van der Waals surface area (Å²) in [5.41, 5.74) is -0.133. The maximum atomic E-state index is 14.1. The van der Waals surface area contributed by atoms with Gasteiger partial charge in [0.25, 0.3) is 0 Å². The molecular formula is C12H13BrFNO4S. The Bertz CT molecular complexity index is 672. The first-order chi connectivity index (χ1) is 9.07. The van der Waals surface area contributed by atoms with Crippen molar-refractivity contribution in [1.29, 1.82) is 0 Å². The molecule has 0 bridgehead atoms. The van der Waals surface area contributed by atoms with Crippen LogP contribution in [0.2, 0.25) is 0 Å². The fourth-order valence-electron chi connectivity index (χ4n) is 1.54. The Morgan fingerprint density at radius 3 is 2.50 bits per heavy atom. The van der Waals surface area contributed by atoms with Gasteiger partial charge in [0.2, 0.25) is 10.0 Å². The van der Waals surface area contributed by atoms with Gasteiger partial charge in [-0.3, -0.25) is 0 Å². The normalized spacial score (nSPS) is 11.7. The zero-order valence-corrected chi connectivity index (χ0v) is 13.3. The van der Waals surface area contributed by atoms with Crippen LogP contribution < -0.4 is 0 Å². The van der Waals surface area contributed by atoms with E-state index in [4.69, 9.17) is 5.11 Å². The molecule has 1 aromatic carbocycles. The second kappa shape index (κ2) is 6.02. The van der Waals surface area contributed by atoms with Crippen molar-refractivity contribution in [2.75, 3.05) is 13.6 Å². The topological polar surface area (TPSA) is 74.7 Å². The Labute approximate surface area is 124 Å². The van der Waals surface area contributed by atoms with Crippen LogP contribution in [0.4, 0.5) is 4.39 Å². The number of sulfonamides is 1. The predicted molar refractivity (Wildman–Crippen MR) is 75.7 cm³/mol. The van der Waals surface area contributed by atoms with Gasteiger partial charge in [-0.25, -0.2) is 17.6 Å². The van der Waals surface area contributed by atoms with Crippen LogP contribution in [0.5, 0.6) is 0 Å². The molecule has 0 amide bonds. The summed E-state index contributed by atoms with van der Waals surface area (Å²) in [6, 6.07) is 2.04. The van der Waals surface area contributed by atoms with Gasteiger partial charge in [-0.2, -0.15) is 4.31 Å². The zero-order chi connectivity index (χ0) is 15.7. The fourth-order valence-corrected chi connectivity index (χ4v) is 3.49. The highest BCUT2D eigenvalue weighted by Crippen LogP contribution is 2.26. The number of halogens is 2. The van der Waals surface area contributed by atoms with E-state index in [0.717, 1.165) is 16.4 Å². The zero-order valence-electron chi connectivity index (χ0n) is 10.9. The number of carboxylic acids is 1. The highest BCUT2D eigenvalue weighted by molar-refractivity contribution is 9.10. The predicted octanol–water partition coefficient (Wildman–Crippen LogP) is 2.48. The summed E-state index contributed by atoms with van der Waals surface area (Å²) < 4.78 is 39.6. The van der Waals surface area contributed by atoms with E-state index in [1.165, 1.54) is 7.05 Å². The molecule has 20 heavy (non-hydrogen) atoms. The van der Waals surface area contributed by atoms with E-state index < -0.39 is 32.3 Å². The first kappa shape index (κ1) is 16.8. The smallest absolute Gasteiger partial charge is 0.338 e. The second-order valence-electron chi connectivity index (χ2n) is 4.29. The molecule has 0 saturated carbocycles. The van der Waals surface area contributed by atoms with Gasteiger partial charge in [0.05, 0.1) is 5.56 Å². The molecule has 5 nitrogen and oxygen atoms in total. The van der Waals surface area contributed by atoms with Crippen LogP contribution in [0.25, 0.3) is 0 Å². The molecule has 1 aromatic rings. The molecule has 8 heteroatoms. The van der Waals surface area contributed by atoms with Crippen LogP contribution in [0.1, 0.15) is 17.3 Å². The molecule has 0 radical (unpaired) electrons. The van der Waals surface area contributed by atoms with Gasteiger partial charge in [-0.1, -0.05) is 28.1 Å². The van der Waals surface area contributed by atoms with E-state index >= 15 is 0 Å². The molecule has 1 N–H and O–H groups in total. The summed E-state index contributed by atoms with van der Waals surface area (Å²) in [7, 11) is -2.87. The lowest BCUT2D eigenvalue weighted by atomic mass is 10.2. The van der Waals surface area contributed by atoms with Gasteiger partial charge < -0.3 is 5.11 Å². The number of likely N-dealkylation sites (N-methyl/N-ethyl adjacent to an activating group) is 1. The van der Waals surface area contributed by atoms with Crippen molar-refractivity contribution in [3.63, 3.8) is 0 Å². The minimum atomic E-state index is -4.14. The Morgan fingerprint density at radius 2 is 2.05 bits per heavy atom. The lowest BCUT2D eigenvalue weighted by Gasteiger charge is -2.18. The van der Waals surface area contributed by atoms with E-state index in [1.807, 2.05) is 0 Å². The van der Waals surface area contributed by atoms with Crippen LogP contribution in [0.3, 0.4) is 0 Å². The maximum Gasteiger partial charge on any atom is 0.338 e. The van der Waals surface area contributed by atoms with Crippen LogP contribution in [0, 0.1) is 5.82 Å². The Balaban J connectivity index is 3.46. The van der Waals surface area contributed by atoms with Crippen molar-refractivity contribution in [3.8, 4) is 0 Å². The molecule has 0 saturated heterocycles. The van der Waals surface area contributed by atoms with Crippen LogP contribution in [-0.2, 0) is 10.0 Å². The second-order valence-corrected chi connectivity index (χ2v) is 7.22. The van der Waals surface area contributed by atoms with Gasteiger partial charge >= 0.3 is 5.97 Å². The van der Waals surface area contributed by atoms with Gasteiger partial charge in [0.15, 0.2) is 5.82 Å². The van der Waals surface area contributed by atoms with E-state index in [-0.39, 0.29) is 11.0 Å².